The number of carbonyl (C=O) groups excluding carboxylic acids is 1. The number of amides is 1. The van der Waals surface area contributed by atoms with E-state index in [1.165, 1.54) is 22.8 Å². The van der Waals surface area contributed by atoms with Crippen LogP contribution in [0, 0.1) is 11.2 Å². The molecule has 0 bridgehead atoms. The van der Waals surface area contributed by atoms with Gasteiger partial charge in [-0.1, -0.05) is 32.4 Å². The fraction of sp³-hybridized carbons (Fsp3) is 0.483. The van der Waals surface area contributed by atoms with E-state index in [2.05, 4.69) is 35.9 Å². The van der Waals surface area contributed by atoms with Crippen molar-refractivity contribution in [2.24, 2.45) is 5.41 Å². The minimum atomic E-state index is -0.564. The second-order valence-corrected chi connectivity index (χ2v) is 12.0. The maximum Gasteiger partial charge on any atom is 0.262 e. The van der Waals surface area contributed by atoms with Gasteiger partial charge in [0.05, 0.1) is 15.9 Å². The number of benzene rings is 2. The third kappa shape index (κ3) is 6.72. The Hall–Kier alpha value is -2.97. The Bertz CT molecular complexity index is 1380. The van der Waals surface area contributed by atoms with Crippen LogP contribution in [0.1, 0.15) is 41.0 Å². The number of hydrogen-bond donors (Lipinski definition) is 1. The zero-order chi connectivity index (χ0) is 27.6. The Labute approximate surface area is 228 Å². The lowest BCUT2D eigenvalue weighted by atomic mass is 9.96. The molecule has 1 aliphatic heterocycles. The molecule has 0 spiro atoms. The minimum absolute atomic E-state index is 0.0768. The first-order valence-electron chi connectivity index (χ1n) is 13.2. The molecule has 1 aliphatic rings. The summed E-state index contributed by atoms with van der Waals surface area (Å²) in [5, 5.41) is 3.19. The van der Waals surface area contributed by atoms with Crippen molar-refractivity contribution in [1.82, 2.24) is 19.8 Å². The summed E-state index contributed by atoms with van der Waals surface area (Å²) in [5.41, 5.74) is 1.85. The molecule has 2 aromatic carbocycles. The number of fused-ring (bicyclic) bond motifs is 1. The zero-order valence-corrected chi connectivity index (χ0v) is 23.6. The molecule has 0 saturated carbocycles. The fourth-order valence-corrected chi connectivity index (χ4v) is 5.16. The molecule has 38 heavy (non-hydrogen) atoms. The second kappa shape index (κ2) is 11.4. The number of rotatable bonds is 6. The van der Waals surface area contributed by atoms with Gasteiger partial charge in [-0.05, 0) is 68.6 Å². The zero-order valence-electron chi connectivity index (χ0n) is 22.9. The summed E-state index contributed by atoms with van der Waals surface area (Å²) < 4.78 is 15.2. The normalized spacial score (nSPS) is 15.2. The molecule has 1 saturated heterocycles. The first kappa shape index (κ1) is 28.0. The largest absolute Gasteiger partial charge is 0.370 e. The van der Waals surface area contributed by atoms with Crippen LogP contribution >= 0.6 is 11.6 Å². The highest BCUT2D eigenvalue weighted by Gasteiger charge is 2.22. The van der Waals surface area contributed by atoms with Gasteiger partial charge in [0, 0.05) is 43.5 Å². The molecule has 7 nitrogen and oxygen atoms in total. The van der Waals surface area contributed by atoms with Crippen LogP contribution in [0.15, 0.2) is 41.2 Å². The van der Waals surface area contributed by atoms with E-state index in [1.807, 2.05) is 32.0 Å². The standard InChI is InChI=1S/C29H37ClFN5O2/c1-19(2)32-26(37)17-36-27(20-7-9-24(31)23(30)15-20)33-25-10-8-21(16-22(25)28(36)38)35-12-6-11-34(13-14-35)18-29(3,4)5/h7-10,15-16,19H,6,11-14,17-18H2,1-5H3,(H,32,37). The average Bonchev–Trinajstić information content (AvgIpc) is 3.06. The minimum Gasteiger partial charge on any atom is -0.370 e. The Kier molecular flexibility index (Phi) is 8.43. The van der Waals surface area contributed by atoms with Gasteiger partial charge in [0.15, 0.2) is 0 Å². The number of hydrogen-bond acceptors (Lipinski definition) is 5. The third-order valence-electron chi connectivity index (χ3n) is 6.52. The molecule has 9 heteroatoms. The van der Waals surface area contributed by atoms with E-state index in [0.29, 0.717) is 16.5 Å². The van der Waals surface area contributed by atoms with Crippen LogP contribution < -0.4 is 15.8 Å². The fourth-order valence-electron chi connectivity index (χ4n) is 4.98. The van der Waals surface area contributed by atoms with Gasteiger partial charge in [0.1, 0.15) is 18.2 Å². The van der Waals surface area contributed by atoms with Crippen molar-refractivity contribution in [3.05, 3.63) is 57.6 Å². The Morgan fingerprint density at radius 2 is 1.87 bits per heavy atom. The number of halogens is 2. The highest BCUT2D eigenvalue weighted by Crippen LogP contribution is 2.27. The summed E-state index contributed by atoms with van der Waals surface area (Å²) in [7, 11) is 0. The van der Waals surface area contributed by atoms with Crippen LogP contribution in [-0.2, 0) is 11.3 Å². The van der Waals surface area contributed by atoms with Gasteiger partial charge in [-0.3, -0.25) is 14.2 Å². The van der Waals surface area contributed by atoms with E-state index in [0.717, 1.165) is 44.8 Å². The predicted molar refractivity (Wildman–Crippen MR) is 152 cm³/mol. The van der Waals surface area contributed by atoms with E-state index in [4.69, 9.17) is 16.6 Å². The second-order valence-electron chi connectivity index (χ2n) is 11.6. The summed E-state index contributed by atoms with van der Waals surface area (Å²) >= 11 is 6.04. The van der Waals surface area contributed by atoms with Crippen molar-refractivity contribution in [2.45, 2.75) is 53.6 Å². The Morgan fingerprint density at radius 1 is 1.11 bits per heavy atom. The number of anilines is 1. The molecule has 204 valence electrons. The average molecular weight is 542 g/mol. The van der Waals surface area contributed by atoms with E-state index in [1.54, 1.807) is 0 Å². The van der Waals surface area contributed by atoms with Gasteiger partial charge in [0.25, 0.3) is 5.56 Å². The summed E-state index contributed by atoms with van der Waals surface area (Å²) in [6, 6.07) is 9.81. The summed E-state index contributed by atoms with van der Waals surface area (Å²) in [5.74, 6) is -0.602. The highest BCUT2D eigenvalue weighted by molar-refractivity contribution is 6.31. The smallest absolute Gasteiger partial charge is 0.262 e. The maximum absolute atomic E-state index is 13.9. The topological polar surface area (TPSA) is 70.5 Å². The van der Waals surface area contributed by atoms with Gasteiger partial charge < -0.3 is 15.1 Å². The van der Waals surface area contributed by atoms with Gasteiger partial charge in [-0.25, -0.2) is 9.37 Å². The van der Waals surface area contributed by atoms with Crippen LogP contribution in [0.2, 0.25) is 5.02 Å². The van der Waals surface area contributed by atoms with E-state index in [-0.39, 0.29) is 40.3 Å². The molecule has 3 aromatic rings. The molecule has 1 fully saturated rings. The van der Waals surface area contributed by atoms with Crippen LogP contribution in [0.5, 0.6) is 0 Å². The summed E-state index contributed by atoms with van der Waals surface area (Å²) in [6.07, 6.45) is 1.04. The molecular weight excluding hydrogens is 505 g/mol. The van der Waals surface area contributed by atoms with Crippen LogP contribution in [0.3, 0.4) is 0 Å². The quantitative estimate of drug-likeness (QED) is 0.479. The van der Waals surface area contributed by atoms with Gasteiger partial charge in [0.2, 0.25) is 5.91 Å². The molecule has 0 atom stereocenters. The summed E-state index contributed by atoms with van der Waals surface area (Å²) in [4.78, 5) is 36.1. The predicted octanol–water partition coefficient (Wildman–Crippen LogP) is 4.94. The lowest BCUT2D eigenvalue weighted by Crippen LogP contribution is -2.37. The van der Waals surface area contributed by atoms with E-state index in [9.17, 15) is 14.0 Å². The number of carbonyl (C=O) groups is 1. The van der Waals surface area contributed by atoms with Crippen molar-refractivity contribution in [3.63, 3.8) is 0 Å². The monoisotopic (exact) mass is 541 g/mol. The van der Waals surface area contributed by atoms with Crippen molar-refractivity contribution in [2.75, 3.05) is 37.6 Å². The van der Waals surface area contributed by atoms with Crippen molar-refractivity contribution in [3.8, 4) is 11.4 Å². The van der Waals surface area contributed by atoms with Crippen LogP contribution in [0.25, 0.3) is 22.3 Å². The van der Waals surface area contributed by atoms with Crippen molar-refractivity contribution >= 4 is 34.1 Å². The number of nitrogens with one attached hydrogen (secondary N) is 1. The Morgan fingerprint density at radius 3 is 2.55 bits per heavy atom. The first-order valence-corrected chi connectivity index (χ1v) is 13.6. The number of aromatic nitrogens is 2. The van der Waals surface area contributed by atoms with Gasteiger partial charge >= 0.3 is 0 Å². The number of nitrogens with zero attached hydrogens (tertiary/aromatic N) is 4. The van der Waals surface area contributed by atoms with Crippen LogP contribution in [-0.4, -0.2) is 59.1 Å². The molecule has 2 heterocycles. The van der Waals surface area contributed by atoms with Crippen molar-refractivity contribution in [1.29, 1.82) is 0 Å². The van der Waals surface area contributed by atoms with Gasteiger partial charge in [-0.15, -0.1) is 0 Å². The molecule has 1 aromatic heterocycles. The molecule has 0 unspecified atom stereocenters. The lowest BCUT2D eigenvalue weighted by Gasteiger charge is -2.29. The van der Waals surface area contributed by atoms with Crippen LogP contribution in [0.4, 0.5) is 10.1 Å². The molecule has 1 N–H and O–H groups in total. The van der Waals surface area contributed by atoms with E-state index >= 15 is 0 Å². The Balaban J connectivity index is 1.73. The van der Waals surface area contributed by atoms with Crippen molar-refractivity contribution < 1.29 is 9.18 Å². The van der Waals surface area contributed by atoms with E-state index < -0.39 is 5.82 Å². The highest BCUT2D eigenvalue weighted by atomic mass is 35.5. The first-order chi connectivity index (χ1) is 17.9. The SMILES string of the molecule is CC(C)NC(=O)Cn1c(-c2ccc(F)c(Cl)c2)nc2ccc(N3CCCN(CC(C)(C)C)CC3)cc2c1=O. The van der Waals surface area contributed by atoms with Gasteiger partial charge in [-0.2, -0.15) is 0 Å². The third-order valence-corrected chi connectivity index (χ3v) is 6.81. The molecule has 1 amide bonds. The lowest BCUT2D eigenvalue weighted by molar-refractivity contribution is -0.122. The molecule has 0 aliphatic carbocycles. The molecule has 4 rings (SSSR count). The summed E-state index contributed by atoms with van der Waals surface area (Å²) in [6.45, 7) is 15.1. The molecule has 0 radical (unpaired) electrons. The maximum atomic E-state index is 13.9. The molecular formula is C29H37ClFN5O2.